The third-order valence-corrected chi connectivity index (χ3v) is 3.55. The van der Waals surface area contributed by atoms with Crippen LogP contribution in [0.5, 0.6) is 5.88 Å². The van der Waals surface area contributed by atoms with Gasteiger partial charge in [-0.15, -0.1) is 0 Å². The molecular weight excluding hydrogens is 356 g/mol. The molecule has 0 spiro atoms. The molecule has 1 aromatic heterocycles. The molecule has 4 N–H and O–H groups in total. The van der Waals surface area contributed by atoms with Gasteiger partial charge in [-0.3, -0.25) is 10.1 Å². The largest absolute Gasteiger partial charge is 0.471 e. The Morgan fingerprint density at radius 2 is 2.00 bits per heavy atom. The molecule has 0 fully saturated rings. The van der Waals surface area contributed by atoms with Gasteiger partial charge < -0.3 is 15.6 Å². The zero-order valence-electron chi connectivity index (χ0n) is 11.1. The molecule has 0 aliphatic heterocycles. The minimum Gasteiger partial charge on any atom is -0.471 e. The molecule has 0 saturated carbocycles. The van der Waals surface area contributed by atoms with E-state index in [4.69, 9.17) is 27.2 Å². The predicted octanol–water partition coefficient (Wildman–Crippen LogP) is 2.84. The van der Waals surface area contributed by atoms with Gasteiger partial charge in [-0.1, -0.05) is 11.6 Å². The number of carboxylic acid groups (broad SMARTS) is 1. The van der Waals surface area contributed by atoms with Gasteiger partial charge in [-0.25, -0.2) is 13.6 Å². The molecular formula is C12H8ClF2N3O4S. The monoisotopic (exact) mass is 363 g/mol. The van der Waals surface area contributed by atoms with Gasteiger partial charge in [0.15, 0.2) is 0 Å². The number of ether oxygens (including phenoxy) is 1. The van der Waals surface area contributed by atoms with Crippen molar-refractivity contribution in [3.05, 3.63) is 39.9 Å². The van der Waals surface area contributed by atoms with Crippen LogP contribution in [0.1, 0.15) is 15.9 Å². The maximum absolute atomic E-state index is 13.6. The zero-order chi connectivity index (χ0) is 17.1. The Labute approximate surface area is 136 Å². The summed E-state index contributed by atoms with van der Waals surface area (Å²) < 4.78 is 36.1. The number of carbonyl (C=O) groups excluding carboxylic acids is 1. The minimum atomic E-state index is -1.43. The van der Waals surface area contributed by atoms with Crippen molar-refractivity contribution in [1.29, 1.82) is 0 Å². The topological polar surface area (TPSA) is 115 Å². The molecule has 1 heterocycles. The van der Waals surface area contributed by atoms with Crippen molar-refractivity contribution < 1.29 is 28.2 Å². The Morgan fingerprint density at radius 1 is 1.39 bits per heavy atom. The standard InChI is InChI=1S/C12H8ClF2N3O4S/c13-4-1-6(14)5(7(15)2-4)3-22-10-8(9(16)19)11(23-18-10)17-12(20)21/h1-2,17H,3H2,(H2,16,19)(H,20,21). The van der Waals surface area contributed by atoms with E-state index in [2.05, 4.69) is 4.37 Å². The van der Waals surface area contributed by atoms with E-state index in [1.165, 1.54) is 0 Å². The first-order valence-corrected chi connectivity index (χ1v) is 7.00. The number of rotatable bonds is 5. The molecule has 23 heavy (non-hydrogen) atoms. The Bertz CT molecular complexity index is 761. The van der Waals surface area contributed by atoms with Crippen LogP contribution >= 0.6 is 23.1 Å². The molecule has 11 heteroatoms. The summed E-state index contributed by atoms with van der Waals surface area (Å²) in [5.74, 6) is -3.21. The van der Waals surface area contributed by atoms with E-state index in [0.29, 0.717) is 11.5 Å². The second-order valence-electron chi connectivity index (χ2n) is 4.12. The number of aromatic nitrogens is 1. The van der Waals surface area contributed by atoms with E-state index in [0.717, 1.165) is 12.1 Å². The fraction of sp³-hybridized carbons (Fsp3) is 0.0833. The number of hydrogen-bond acceptors (Lipinski definition) is 5. The predicted molar refractivity (Wildman–Crippen MR) is 78.0 cm³/mol. The Kier molecular flexibility index (Phi) is 4.96. The summed E-state index contributed by atoms with van der Waals surface area (Å²) >= 11 is 6.10. The van der Waals surface area contributed by atoms with Crippen LogP contribution in [0.25, 0.3) is 0 Å². The average Bonchev–Trinajstić information content (AvgIpc) is 2.79. The van der Waals surface area contributed by atoms with Gasteiger partial charge >= 0.3 is 6.09 Å². The van der Waals surface area contributed by atoms with Crippen molar-refractivity contribution in [3.8, 4) is 5.88 Å². The summed E-state index contributed by atoms with van der Waals surface area (Å²) in [7, 11) is 0. The SMILES string of the molecule is NC(=O)c1c(OCc2c(F)cc(Cl)cc2F)nsc1NC(=O)O. The van der Waals surface area contributed by atoms with Crippen molar-refractivity contribution >= 4 is 40.1 Å². The molecule has 1 aromatic carbocycles. The molecule has 2 aromatic rings. The summed E-state index contributed by atoms with van der Waals surface area (Å²) in [6, 6.07) is 1.80. The highest BCUT2D eigenvalue weighted by Crippen LogP contribution is 2.31. The first kappa shape index (κ1) is 16.9. The number of benzene rings is 1. The van der Waals surface area contributed by atoms with Crippen LogP contribution in [0.15, 0.2) is 12.1 Å². The molecule has 2 amide bonds. The highest BCUT2D eigenvalue weighted by Gasteiger charge is 2.22. The molecule has 0 aliphatic carbocycles. The van der Waals surface area contributed by atoms with Crippen LogP contribution in [0.2, 0.25) is 5.02 Å². The molecule has 2 rings (SSSR count). The Hall–Kier alpha value is -2.46. The number of nitrogens with one attached hydrogen (secondary N) is 1. The van der Waals surface area contributed by atoms with Crippen molar-refractivity contribution in [2.75, 3.05) is 5.32 Å². The van der Waals surface area contributed by atoms with Gasteiger partial charge in [0.1, 0.15) is 28.8 Å². The fourth-order valence-corrected chi connectivity index (χ4v) is 2.55. The maximum Gasteiger partial charge on any atom is 0.409 e. The third-order valence-electron chi connectivity index (χ3n) is 2.59. The number of nitrogens with two attached hydrogens (primary N) is 1. The van der Waals surface area contributed by atoms with Gasteiger partial charge in [0.25, 0.3) is 5.91 Å². The zero-order valence-corrected chi connectivity index (χ0v) is 12.7. The van der Waals surface area contributed by atoms with Crippen LogP contribution in [0.4, 0.5) is 18.6 Å². The van der Waals surface area contributed by atoms with Crippen LogP contribution in [0, 0.1) is 11.6 Å². The maximum atomic E-state index is 13.6. The fourth-order valence-electron chi connectivity index (χ4n) is 1.62. The smallest absolute Gasteiger partial charge is 0.409 e. The quantitative estimate of drug-likeness (QED) is 0.755. The average molecular weight is 364 g/mol. The summed E-state index contributed by atoms with van der Waals surface area (Å²) in [4.78, 5) is 22.0. The van der Waals surface area contributed by atoms with Crippen LogP contribution in [-0.2, 0) is 6.61 Å². The summed E-state index contributed by atoms with van der Waals surface area (Å²) in [5, 5.41) is 10.3. The Balaban J connectivity index is 2.26. The molecule has 0 atom stereocenters. The molecule has 0 unspecified atom stereocenters. The van der Waals surface area contributed by atoms with E-state index in [9.17, 15) is 18.4 Å². The van der Waals surface area contributed by atoms with E-state index in [-0.39, 0.29) is 21.5 Å². The highest BCUT2D eigenvalue weighted by molar-refractivity contribution is 7.11. The van der Waals surface area contributed by atoms with E-state index >= 15 is 0 Å². The first-order valence-electron chi connectivity index (χ1n) is 5.85. The number of anilines is 1. The second kappa shape index (κ2) is 6.75. The van der Waals surface area contributed by atoms with Gasteiger partial charge in [0, 0.05) is 5.02 Å². The van der Waals surface area contributed by atoms with Gasteiger partial charge in [-0.2, -0.15) is 4.37 Å². The lowest BCUT2D eigenvalue weighted by Crippen LogP contribution is -2.16. The molecule has 0 saturated heterocycles. The highest BCUT2D eigenvalue weighted by atomic mass is 35.5. The number of nitrogens with zero attached hydrogens (tertiary/aromatic N) is 1. The van der Waals surface area contributed by atoms with Crippen LogP contribution < -0.4 is 15.8 Å². The molecule has 0 radical (unpaired) electrons. The van der Waals surface area contributed by atoms with Crippen molar-refractivity contribution in [2.45, 2.75) is 6.61 Å². The molecule has 0 aliphatic rings. The number of hydrogen-bond donors (Lipinski definition) is 3. The number of primary amides is 1. The van der Waals surface area contributed by atoms with Crippen LogP contribution in [-0.4, -0.2) is 21.5 Å². The van der Waals surface area contributed by atoms with E-state index in [1.54, 1.807) is 0 Å². The first-order chi connectivity index (χ1) is 10.8. The van der Waals surface area contributed by atoms with E-state index < -0.39 is 35.8 Å². The van der Waals surface area contributed by atoms with Gasteiger partial charge in [0.2, 0.25) is 5.88 Å². The lowest BCUT2D eigenvalue weighted by molar-refractivity contribution is 0.0996. The summed E-state index contributed by atoms with van der Waals surface area (Å²) in [6.45, 7) is -0.592. The summed E-state index contributed by atoms with van der Waals surface area (Å²) in [6.07, 6.45) is -1.43. The van der Waals surface area contributed by atoms with Crippen molar-refractivity contribution in [3.63, 3.8) is 0 Å². The number of carbonyl (C=O) groups is 2. The van der Waals surface area contributed by atoms with Crippen LogP contribution in [0.3, 0.4) is 0 Å². The lowest BCUT2D eigenvalue weighted by Gasteiger charge is -2.08. The number of amides is 2. The third kappa shape index (κ3) is 3.85. The van der Waals surface area contributed by atoms with Crippen molar-refractivity contribution in [1.82, 2.24) is 4.37 Å². The van der Waals surface area contributed by atoms with Gasteiger partial charge in [-0.05, 0) is 23.7 Å². The minimum absolute atomic E-state index is 0.122. The van der Waals surface area contributed by atoms with Crippen molar-refractivity contribution in [2.24, 2.45) is 5.73 Å². The molecule has 122 valence electrons. The number of halogens is 3. The molecule has 0 bridgehead atoms. The van der Waals surface area contributed by atoms with Gasteiger partial charge in [0.05, 0.1) is 5.56 Å². The Morgan fingerprint density at radius 3 is 2.52 bits per heavy atom. The van der Waals surface area contributed by atoms with E-state index in [1.807, 2.05) is 5.32 Å². The molecule has 7 nitrogen and oxygen atoms in total. The lowest BCUT2D eigenvalue weighted by atomic mass is 10.2. The second-order valence-corrected chi connectivity index (χ2v) is 5.33. The normalized spacial score (nSPS) is 10.4. The summed E-state index contributed by atoms with van der Waals surface area (Å²) in [5.41, 5.74) is 4.38.